The van der Waals surface area contributed by atoms with Crippen LogP contribution in [0.3, 0.4) is 0 Å². The molecule has 2 aromatic carbocycles. The van der Waals surface area contributed by atoms with Crippen LogP contribution in [0.4, 0.5) is 5.69 Å². The van der Waals surface area contributed by atoms with Gasteiger partial charge in [-0.2, -0.15) is 0 Å². The molecule has 0 bridgehead atoms. The maximum Gasteiger partial charge on any atom is 0.296 e. The summed E-state index contributed by atoms with van der Waals surface area (Å²) >= 11 is 6.02. The van der Waals surface area contributed by atoms with Crippen LogP contribution < -0.4 is 10.1 Å². The fourth-order valence-electron chi connectivity index (χ4n) is 3.72. The van der Waals surface area contributed by atoms with Gasteiger partial charge in [-0.15, -0.1) is 0 Å². The molecule has 0 aliphatic rings. The van der Waals surface area contributed by atoms with Crippen molar-refractivity contribution in [1.82, 2.24) is 9.55 Å². The van der Waals surface area contributed by atoms with Crippen LogP contribution in [0, 0.1) is 6.92 Å². The van der Waals surface area contributed by atoms with Gasteiger partial charge in [-0.25, -0.2) is 0 Å². The molecule has 0 spiro atoms. The van der Waals surface area contributed by atoms with E-state index in [1.165, 1.54) is 0 Å². The molecule has 0 radical (unpaired) electrons. The molecule has 4 aromatic rings. The average molecular weight is 448 g/mol. The number of ether oxygens (including phenoxy) is 1. The lowest BCUT2D eigenvalue weighted by atomic mass is 10.1. The largest absolute Gasteiger partial charge is 0.494 e. The molecule has 0 unspecified atom stereocenters. The molecular formula is C25H22ClN3O3. The molecule has 0 saturated heterocycles. The number of benzene rings is 2. The Balaban J connectivity index is 1.78. The third-order valence-corrected chi connectivity index (χ3v) is 5.48. The number of rotatable bonds is 7. The maximum absolute atomic E-state index is 13.3. The van der Waals surface area contributed by atoms with E-state index in [1.54, 1.807) is 24.5 Å². The van der Waals surface area contributed by atoms with E-state index in [1.807, 2.05) is 60.9 Å². The Kier molecular flexibility index (Phi) is 6.23. The summed E-state index contributed by atoms with van der Waals surface area (Å²) in [5, 5.41) is 3.99. The van der Waals surface area contributed by atoms with Gasteiger partial charge in [0.25, 0.3) is 11.7 Å². The molecule has 0 fully saturated rings. The number of carbonyl (C=O) groups is 2. The van der Waals surface area contributed by atoms with Crippen LogP contribution in [0.2, 0.25) is 5.02 Å². The van der Waals surface area contributed by atoms with Crippen LogP contribution in [0.1, 0.15) is 28.5 Å². The highest BCUT2D eigenvalue weighted by atomic mass is 35.5. The van der Waals surface area contributed by atoms with Crippen molar-refractivity contribution in [2.75, 3.05) is 11.9 Å². The van der Waals surface area contributed by atoms with E-state index >= 15 is 0 Å². The van der Waals surface area contributed by atoms with E-state index in [9.17, 15) is 9.59 Å². The minimum atomic E-state index is -0.702. The molecule has 4 rings (SSSR count). The molecule has 32 heavy (non-hydrogen) atoms. The fourth-order valence-corrected chi connectivity index (χ4v) is 3.84. The van der Waals surface area contributed by atoms with Gasteiger partial charge in [-0.05, 0) is 61.9 Å². The van der Waals surface area contributed by atoms with Crippen LogP contribution >= 0.6 is 11.6 Å². The van der Waals surface area contributed by atoms with Gasteiger partial charge in [0.15, 0.2) is 0 Å². The lowest BCUT2D eigenvalue weighted by Gasteiger charge is -2.10. The monoisotopic (exact) mass is 447 g/mol. The van der Waals surface area contributed by atoms with E-state index in [0.29, 0.717) is 46.3 Å². The Morgan fingerprint density at radius 2 is 1.78 bits per heavy atom. The van der Waals surface area contributed by atoms with E-state index < -0.39 is 11.7 Å². The number of halogens is 1. The predicted octanol–water partition coefficient (Wildman–Crippen LogP) is 5.27. The van der Waals surface area contributed by atoms with Crippen LogP contribution in [-0.2, 0) is 11.3 Å². The summed E-state index contributed by atoms with van der Waals surface area (Å²) in [6.45, 7) is 4.78. The number of fused-ring (bicyclic) bond motifs is 1. The summed E-state index contributed by atoms with van der Waals surface area (Å²) in [5.41, 5.74) is 3.46. The molecule has 0 aliphatic heterocycles. The number of aromatic nitrogens is 2. The molecule has 0 aliphatic carbocycles. The number of ketones is 1. The zero-order valence-corrected chi connectivity index (χ0v) is 18.5. The van der Waals surface area contributed by atoms with Crippen molar-refractivity contribution < 1.29 is 14.3 Å². The molecule has 0 atom stereocenters. The van der Waals surface area contributed by atoms with Crippen molar-refractivity contribution in [2.24, 2.45) is 0 Å². The maximum atomic E-state index is 13.3. The second kappa shape index (κ2) is 9.24. The normalized spacial score (nSPS) is 10.8. The summed E-state index contributed by atoms with van der Waals surface area (Å²) in [4.78, 5) is 30.0. The first kappa shape index (κ1) is 21.6. The zero-order valence-electron chi connectivity index (χ0n) is 17.8. The Morgan fingerprint density at radius 3 is 2.47 bits per heavy atom. The SMILES string of the molecule is CCOc1ccc2c(c1)c(C(=O)C(=O)Nc1ccncc1)c(C)n2Cc1ccc(Cl)cc1. The lowest BCUT2D eigenvalue weighted by Crippen LogP contribution is -2.23. The van der Waals surface area contributed by atoms with E-state index in [-0.39, 0.29) is 0 Å². The molecule has 2 heterocycles. The number of hydrogen-bond donors (Lipinski definition) is 1. The van der Waals surface area contributed by atoms with Gasteiger partial charge in [-0.1, -0.05) is 23.7 Å². The van der Waals surface area contributed by atoms with Crippen molar-refractivity contribution in [3.8, 4) is 5.75 Å². The van der Waals surface area contributed by atoms with E-state index in [0.717, 1.165) is 11.1 Å². The summed E-state index contributed by atoms with van der Waals surface area (Å²) in [7, 11) is 0. The molecule has 1 N–H and O–H groups in total. The molecule has 6 nitrogen and oxygen atoms in total. The third-order valence-electron chi connectivity index (χ3n) is 5.23. The molecule has 2 aromatic heterocycles. The van der Waals surface area contributed by atoms with Gasteiger partial charge in [0.1, 0.15) is 5.75 Å². The van der Waals surface area contributed by atoms with Gasteiger partial charge in [0, 0.05) is 46.2 Å². The first-order valence-corrected chi connectivity index (χ1v) is 10.6. The Morgan fingerprint density at radius 1 is 1.06 bits per heavy atom. The summed E-state index contributed by atoms with van der Waals surface area (Å²) in [5.74, 6) is -0.660. The molecule has 7 heteroatoms. The summed E-state index contributed by atoms with van der Waals surface area (Å²) in [6, 6.07) is 16.4. The number of carbonyl (C=O) groups excluding carboxylic acids is 2. The standard InChI is InChI=1S/C25H22ClN3O3/c1-3-32-20-8-9-22-21(14-20)23(24(30)25(31)28-19-10-12-27-13-11-19)16(2)29(22)15-17-4-6-18(26)7-5-17/h4-14H,3,15H2,1-2H3,(H,27,28,31). The van der Waals surface area contributed by atoms with E-state index in [2.05, 4.69) is 10.3 Å². The molecule has 0 saturated carbocycles. The minimum absolute atomic E-state index is 0.363. The van der Waals surface area contributed by atoms with Gasteiger partial charge < -0.3 is 14.6 Å². The molecule has 1 amide bonds. The van der Waals surface area contributed by atoms with Gasteiger partial charge in [0.2, 0.25) is 0 Å². The van der Waals surface area contributed by atoms with Crippen LogP contribution in [0.25, 0.3) is 10.9 Å². The third kappa shape index (κ3) is 4.36. The Hall–Kier alpha value is -3.64. The van der Waals surface area contributed by atoms with Crippen molar-refractivity contribution in [2.45, 2.75) is 20.4 Å². The number of Topliss-reactive ketones (excluding diaryl/α,β-unsaturated/α-hetero) is 1. The minimum Gasteiger partial charge on any atom is -0.494 e. The number of hydrogen-bond acceptors (Lipinski definition) is 4. The van der Waals surface area contributed by atoms with Crippen LogP contribution in [0.15, 0.2) is 67.0 Å². The van der Waals surface area contributed by atoms with Gasteiger partial charge in [-0.3, -0.25) is 14.6 Å². The Bertz CT molecular complexity index is 1280. The van der Waals surface area contributed by atoms with Crippen LogP contribution in [-0.4, -0.2) is 27.8 Å². The first-order chi connectivity index (χ1) is 15.5. The van der Waals surface area contributed by atoms with Crippen molar-refractivity contribution in [3.63, 3.8) is 0 Å². The molecule has 162 valence electrons. The number of nitrogens with zero attached hydrogens (tertiary/aromatic N) is 2. The summed E-state index contributed by atoms with van der Waals surface area (Å²) < 4.78 is 7.67. The highest BCUT2D eigenvalue weighted by molar-refractivity contribution is 6.48. The van der Waals surface area contributed by atoms with Crippen LogP contribution in [0.5, 0.6) is 5.75 Å². The van der Waals surface area contributed by atoms with Gasteiger partial charge in [0.05, 0.1) is 12.2 Å². The fraction of sp³-hybridized carbons (Fsp3) is 0.160. The zero-order chi connectivity index (χ0) is 22.7. The Labute approximate surface area is 190 Å². The predicted molar refractivity (Wildman–Crippen MR) is 126 cm³/mol. The highest BCUT2D eigenvalue weighted by Gasteiger charge is 2.26. The quantitative estimate of drug-likeness (QED) is 0.309. The first-order valence-electron chi connectivity index (χ1n) is 10.2. The highest BCUT2D eigenvalue weighted by Crippen LogP contribution is 2.31. The number of anilines is 1. The number of nitrogens with one attached hydrogen (secondary N) is 1. The second-order valence-electron chi connectivity index (χ2n) is 7.30. The van der Waals surface area contributed by atoms with Gasteiger partial charge >= 0.3 is 0 Å². The summed E-state index contributed by atoms with van der Waals surface area (Å²) in [6.07, 6.45) is 3.11. The lowest BCUT2D eigenvalue weighted by molar-refractivity contribution is -0.112. The topological polar surface area (TPSA) is 73.2 Å². The van der Waals surface area contributed by atoms with Crippen molar-refractivity contribution in [1.29, 1.82) is 0 Å². The average Bonchev–Trinajstić information content (AvgIpc) is 3.06. The number of amides is 1. The van der Waals surface area contributed by atoms with Crippen molar-refractivity contribution >= 4 is 39.9 Å². The smallest absolute Gasteiger partial charge is 0.296 e. The number of pyridine rings is 1. The van der Waals surface area contributed by atoms with Crippen molar-refractivity contribution in [3.05, 3.63) is 88.8 Å². The second-order valence-corrected chi connectivity index (χ2v) is 7.74. The van der Waals surface area contributed by atoms with E-state index in [4.69, 9.17) is 16.3 Å². The molecular weight excluding hydrogens is 426 g/mol.